The number of phenols is 3. The lowest BCUT2D eigenvalue weighted by atomic mass is 9.46. The van der Waals surface area contributed by atoms with Gasteiger partial charge in [0.05, 0.1) is 33.0 Å². The van der Waals surface area contributed by atoms with Gasteiger partial charge in [0.15, 0.2) is 34.5 Å². The van der Waals surface area contributed by atoms with Gasteiger partial charge in [-0.05, 0) is 188 Å². The van der Waals surface area contributed by atoms with Crippen molar-refractivity contribution in [2.45, 2.75) is 221 Å². The van der Waals surface area contributed by atoms with E-state index in [1.807, 2.05) is 0 Å². The van der Waals surface area contributed by atoms with E-state index in [1.54, 1.807) is 18.2 Å². The monoisotopic (exact) mass is 1080 g/mol. The molecule has 16 heteroatoms. The molecule has 6 saturated heterocycles. The van der Waals surface area contributed by atoms with Crippen molar-refractivity contribution < 1.29 is 59.1 Å². The summed E-state index contributed by atoms with van der Waals surface area (Å²) < 4.78 is 47.4. The van der Waals surface area contributed by atoms with Crippen LogP contribution in [0.5, 0.6) is 34.5 Å². The molecule has 9 aliphatic carbocycles. The lowest BCUT2D eigenvalue weighted by molar-refractivity contribution is -0.287. The van der Waals surface area contributed by atoms with Gasteiger partial charge in [-0.15, -0.1) is 0 Å². The van der Waals surface area contributed by atoms with Crippen LogP contribution in [0.3, 0.4) is 0 Å². The molecule has 6 saturated carbocycles. The van der Waals surface area contributed by atoms with Crippen LogP contribution in [-0.2, 0) is 49.7 Å². The van der Waals surface area contributed by atoms with Gasteiger partial charge < -0.3 is 59.1 Å². The third kappa shape index (κ3) is 4.67. The molecule has 6 spiro atoms. The minimum atomic E-state index is -1.24. The Kier molecular flexibility index (Phi) is 7.88. The van der Waals surface area contributed by atoms with E-state index in [2.05, 4.69) is 37.8 Å². The molecule has 18 atom stereocenters. The Morgan fingerprint density at radius 2 is 0.709 bits per heavy atom. The largest absolute Gasteiger partial charge is 0.504 e. The normalized spacial score (nSPS) is 50.8. The van der Waals surface area contributed by atoms with Crippen LogP contribution < -0.4 is 14.2 Å². The zero-order valence-corrected chi connectivity index (χ0v) is 44.8. The minimum Gasteiger partial charge on any atom is -0.504 e. The average molecular weight is 1080 g/mol. The van der Waals surface area contributed by atoms with Gasteiger partial charge in [0.25, 0.3) is 0 Å². The predicted molar refractivity (Wildman–Crippen MR) is 279 cm³/mol. The number of fused-ring (bicyclic) bond motifs is 6. The Morgan fingerprint density at radius 3 is 1.00 bits per heavy atom. The van der Waals surface area contributed by atoms with Crippen molar-refractivity contribution in [3.8, 4) is 34.5 Å². The van der Waals surface area contributed by atoms with E-state index in [-0.39, 0.29) is 35.4 Å². The van der Waals surface area contributed by atoms with Gasteiger partial charge in [-0.25, -0.2) is 4.90 Å². The van der Waals surface area contributed by atoms with E-state index in [1.165, 1.54) is 38.5 Å². The van der Waals surface area contributed by atoms with Crippen LogP contribution in [0.4, 0.5) is 0 Å². The SMILES string of the molecule is Oc1ccc2c3c1O[C@H]1C4(CC[C@@]5(O)[C@@H](C2)N(CC2CC2)CC[C@]315)O[C@H]1N2[C@@H]4OC3(CC[C@@]4(O)[C@H]5Cc6ccc(O)c7c6[C@@]4(CCN5CC4CC4)[C@H]3O7)[C@H]2OC12CC[C@@]1(O)[C@H]3Cc4ccc(O)c5c4[C@@]1(CCN3CC1CC1)[C@H]2O5. The highest BCUT2D eigenvalue weighted by atomic mass is 16.7. The first-order valence-electron chi connectivity index (χ1n) is 31.0. The van der Waals surface area contributed by atoms with Crippen molar-refractivity contribution in [1.29, 1.82) is 0 Å². The highest BCUT2D eigenvalue weighted by Crippen LogP contribution is 2.78. The number of aliphatic hydroxyl groups is 3. The summed E-state index contributed by atoms with van der Waals surface area (Å²) in [7, 11) is 0. The van der Waals surface area contributed by atoms with Crippen molar-refractivity contribution in [1.82, 2.24) is 19.6 Å². The molecule has 3 unspecified atom stereocenters. The highest BCUT2D eigenvalue weighted by molar-refractivity contribution is 5.67. The van der Waals surface area contributed by atoms with E-state index >= 15 is 0 Å². The number of hydrogen-bond donors (Lipinski definition) is 6. The van der Waals surface area contributed by atoms with Crippen LogP contribution >= 0.6 is 0 Å². The van der Waals surface area contributed by atoms with Gasteiger partial charge in [0.2, 0.25) is 0 Å². The molecule has 12 fully saturated rings. The Hall–Kier alpha value is -3.94. The number of likely N-dealkylation sites (tertiary alicyclic amines) is 3. The fraction of sp³-hybridized carbons (Fsp3) is 0.714. The zero-order valence-electron chi connectivity index (χ0n) is 44.8. The van der Waals surface area contributed by atoms with E-state index < -0.39 is 86.8 Å². The summed E-state index contributed by atoms with van der Waals surface area (Å²) in [6, 6.07) is 11.1. The van der Waals surface area contributed by atoms with Gasteiger partial charge >= 0.3 is 0 Å². The molecule has 9 aliphatic heterocycles. The lowest BCUT2D eigenvalue weighted by Gasteiger charge is -2.66. The Labute approximate surface area is 458 Å². The second kappa shape index (κ2) is 13.7. The number of rotatable bonds is 6. The fourth-order valence-electron chi connectivity index (χ4n) is 23.1. The van der Waals surface area contributed by atoms with Gasteiger partial charge in [-0.1, -0.05) is 18.2 Å². The Morgan fingerprint density at radius 1 is 0.405 bits per heavy atom. The number of benzene rings is 3. The van der Waals surface area contributed by atoms with Crippen LogP contribution in [0.15, 0.2) is 36.4 Å². The molecule has 16 nitrogen and oxygen atoms in total. The maximum atomic E-state index is 14.1. The summed E-state index contributed by atoms with van der Waals surface area (Å²) in [5, 5.41) is 78.2. The molecule has 3 aromatic carbocycles. The maximum Gasteiger partial charge on any atom is 0.165 e. The quantitative estimate of drug-likeness (QED) is 0.203. The minimum absolute atomic E-state index is 0.0652. The summed E-state index contributed by atoms with van der Waals surface area (Å²) >= 11 is 0. The third-order valence-corrected chi connectivity index (χ3v) is 26.6. The predicted octanol–water partition coefficient (Wildman–Crippen LogP) is 4.48. The standard InChI is InChI=1S/C63H72N4O12/c68-37-10-7-34-25-40-61(71)16-13-58(49-55(61,43(34)46(37)74-49)19-22-64(40)28-31-1-2-31)52-67-53(77-58)59(14-17-62(72)41-26-35-8-11-38(69)47-44(35)56(62,50(59)75-47)20-23-65(41)29-32-3-4-32)79-54(67)60(78-52)15-18-63(73)42-27-36-9-12-39(70)48-45(36)57(63,51(60)76-48)21-24-66(42)30-33-5-6-33/h7-12,31-33,40-42,49-54,68-73H,1-6,13-30H2/t40-,41-,42-,49-,50-,51-,52-,53-,54-,55+,56+,57+,58?,59?,60?,61-,62-,63-/m1/s1. The number of phenolic OH excluding ortho intramolecular Hbond substituents is 3. The van der Waals surface area contributed by atoms with Gasteiger partial charge in [-0.3, -0.25) is 14.7 Å². The summed E-state index contributed by atoms with van der Waals surface area (Å²) in [6.45, 7) is 5.24. The molecular formula is C63H72N4O12. The molecule has 416 valence electrons. The van der Waals surface area contributed by atoms with Crippen LogP contribution in [0, 0.1) is 17.8 Å². The molecule has 79 heavy (non-hydrogen) atoms. The van der Waals surface area contributed by atoms with E-state index in [0.717, 1.165) is 72.6 Å². The van der Waals surface area contributed by atoms with Gasteiger partial charge in [0, 0.05) is 54.5 Å². The molecule has 0 aromatic heterocycles. The average Bonchev–Trinajstić information content (AvgIpc) is 1.81. The molecule has 6 N–H and O–H groups in total. The van der Waals surface area contributed by atoms with Crippen LogP contribution in [0.1, 0.15) is 130 Å². The van der Waals surface area contributed by atoms with Gasteiger partial charge in [-0.2, -0.15) is 0 Å². The zero-order chi connectivity index (χ0) is 52.1. The van der Waals surface area contributed by atoms with Crippen molar-refractivity contribution in [2.75, 3.05) is 39.3 Å². The molecule has 0 radical (unpaired) electrons. The molecule has 21 rings (SSSR count). The molecule has 6 bridgehead atoms. The number of piperidine rings is 3. The fourth-order valence-corrected chi connectivity index (χ4v) is 23.1. The van der Waals surface area contributed by atoms with E-state index in [9.17, 15) is 30.6 Å². The third-order valence-electron chi connectivity index (χ3n) is 26.6. The second-order valence-corrected chi connectivity index (χ2v) is 29.5. The van der Waals surface area contributed by atoms with Crippen molar-refractivity contribution in [3.63, 3.8) is 0 Å². The van der Waals surface area contributed by atoms with Gasteiger partial charge in [0.1, 0.15) is 53.8 Å². The van der Waals surface area contributed by atoms with Crippen LogP contribution in [-0.4, -0.2) is 178 Å². The van der Waals surface area contributed by atoms with Crippen molar-refractivity contribution in [2.24, 2.45) is 17.8 Å². The summed E-state index contributed by atoms with van der Waals surface area (Å²) in [4.78, 5) is 10.1. The highest BCUT2D eigenvalue weighted by Gasteiger charge is 2.91. The molecule has 0 amide bonds. The topological polar surface area (TPSA) is 190 Å². The van der Waals surface area contributed by atoms with Crippen molar-refractivity contribution >= 4 is 0 Å². The number of aromatic hydroxyl groups is 3. The molecule has 3 aromatic rings. The maximum absolute atomic E-state index is 14.1. The first kappa shape index (κ1) is 45.6. The number of ether oxygens (including phenoxy) is 6. The summed E-state index contributed by atoms with van der Waals surface area (Å²) in [5.41, 5.74) is -4.07. The molecule has 18 aliphatic rings. The first-order valence-corrected chi connectivity index (χ1v) is 31.0. The second-order valence-electron chi connectivity index (χ2n) is 29.5. The van der Waals surface area contributed by atoms with Crippen molar-refractivity contribution in [3.05, 3.63) is 69.8 Å². The summed E-state index contributed by atoms with van der Waals surface area (Å²) in [6.07, 6.45) is 8.91. The van der Waals surface area contributed by atoms with Crippen LogP contribution in [0.2, 0.25) is 0 Å². The first-order chi connectivity index (χ1) is 38.3. The van der Waals surface area contributed by atoms with Crippen LogP contribution in [0.25, 0.3) is 0 Å². The smallest absolute Gasteiger partial charge is 0.165 e. The number of hydrogen-bond acceptors (Lipinski definition) is 16. The molecule has 9 heterocycles. The van der Waals surface area contributed by atoms with E-state index in [0.29, 0.717) is 112 Å². The summed E-state index contributed by atoms with van der Waals surface area (Å²) in [5.74, 6) is 3.44. The number of nitrogens with zero attached hydrogens (tertiary/aromatic N) is 4. The van der Waals surface area contributed by atoms with E-state index in [4.69, 9.17) is 28.4 Å². The Balaban J connectivity index is 0.771. The Bertz CT molecular complexity index is 2990. The molecular weight excluding hydrogens is 1000 g/mol. The lowest BCUT2D eigenvalue weighted by Crippen LogP contribution is -2.81.